The smallest absolute Gasteiger partial charge is 0.340 e. The van der Waals surface area contributed by atoms with Gasteiger partial charge in [-0.15, -0.1) is 0 Å². The highest BCUT2D eigenvalue weighted by Gasteiger charge is 2.24. The molecule has 2 heterocycles. The van der Waals surface area contributed by atoms with Crippen LogP contribution >= 0.6 is 31.9 Å². The maximum atomic E-state index is 12.4. The number of carbonyl (C=O) groups is 2. The zero-order valence-corrected chi connectivity index (χ0v) is 18.9. The quantitative estimate of drug-likeness (QED) is 0.168. The lowest BCUT2D eigenvalue weighted by molar-refractivity contribution is 0.0593. The molecule has 3 aromatic carbocycles. The van der Waals surface area contributed by atoms with Gasteiger partial charge in [0.1, 0.15) is 0 Å². The Labute approximate surface area is 186 Å². The number of hydrogen-bond donors (Lipinski definition) is 0. The normalized spacial score (nSPS) is 11.6. The second kappa shape index (κ2) is 6.85. The average Bonchev–Trinajstić information content (AvgIpc) is 2.77. The first-order valence-corrected chi connectivity index (χ1v) is 10.5. The number of halogens is 2. The molecule has 0 saturated carbocycles. The van der Waals surface area contributed by atoms with Crippen molar-refractivity contribution < 1.29 is 19.1 Å². The molecule has 0 N–H and O–H groups in total. The van der Waals surface area contributed by atoms with Gasteiger partial charge < -0.3 is 9.47 Å². The standard InChI is InChI=1S/C22H12Br2N2O4/c1-29-21(27)11-7-25-19-10-4-6-14(24)16-12(22(28)30-2)8-26-20(18(10)16)9-3-5-13(23)15(11)17(9)19/h3-8H,1-2H3. The Hall–Kier alpha value is -2.84. The zero-order valence-electron chi connectivity index (χ0n) is 15.7. The third-order valence-corrected chi connectivity index (χ3v) is 6.61. The fraction of sp³-hybridized carbons (Fsp3) is 0.0909. The topological polar surface area (TPSA) is 78.4 Å². The van der Waals surface area contributed by atoms with Gasteiger partial charge in [0.05, 0.1) is 36.4 Å². The summed E-state index contributed by atoms with van der Waals surface area (Å²) in [4.78, 5) is 34.0. The van der Waals surface area contributed by atoms with E-state index in [1.54, 1.807) is 0 Å². The van der Waals surface area contributed by atoms with Crippen molar-refractivity contribution in [3.05, 3.63) is 56.7 Å². The highest BCUT2D eigenvalue weighted by molar-refractivity contribution is 9.11. The molecular weight excluding hydrogens is 516 g/mol. The third-order valence-electron chi connectivity index (χ3n) is 5.29. The van der Waals surface area contributed by atoms with E-state index in [1.165, 1.54) is 26.6 Å². The number of nitrogens with zero attached hydrogens (tertiary/aromatic N) is 2. The van der Waals surface area contributed by atoms with Crippen molar-refractivity contribution in [1.29, 1.82) is 0 Å². The monoisotopic (exact) mass is 526 g/mol. The molecule has 148 valence electrons. The van der Waals surface area contributed by atoms with Gasteiger partial charge in [-0.25, -0.2) is 9.59 Å². The summed E-state index contributed by atoms with van der Waals surface area (Å²) in [5, 5.41) is 4.69. The van der Waals surface area contributed by atoms with Crippen LogP contribution in [0, 0.1) is 0 Å². The Balaban J connectivity index is 2.10. The predicted molar refractivity (Wildman–Crippen MR) is 121 cm³/mol. The van der Waals surface area contributed by atoms with Crippen LogP contribution in [0.2, 0.25) is 0 Å². The van der Waals surface area contributed by atoms with E-state index < -0.39 is 11.9 Å². The fourth-order valence-corrected chi connectivity index (χ4v) is 5.11. The Morgan fingerprint density at radius 1 is 0.700 bits per heavy atom. The van der Waals surface area contributed by atoms with Crippen LogP contribution in [-0.4, -0.2) is 36.1 Å². The first kappa shape index (κ1) is 19.1. The molecule has 5 aromatic rings. The second-order valence-electron chi connectivity index (χ2n) is 6.71. The minimum Gasteiger partial charge on any atom is -0.465 e. The van der Waals surface area contributed by atoms with Crippen LogP contribution in [0.3, 0.4) is 0 Å². The van der Waals surface area contributed by atoms with Gasteiger partial charge in [-0.05, 0) is 12.1 Å². The Morgan fingerprint density at radius 3 is 1.47 bits per heavy atom. The molecule has 0 radical (unpaired) electrons. The van der Waals surface area contributed by atoms with Crippen LogP contribution in [-0.2, 0) is 9.47 Å². The van der Waals surface area contributed by atoms with E-state index in [0.29, 0.717) is 32.9 Å². The van der Waals surface area contributed by atoms with E-state index in [0.717, 1.165) is 30.5 Å². The summed E-state index contributed by atoms with van der Waals surface area (Å²) in [5.74, 6) is -0.930. The first-order valence-electron chi connectivity index (χ1n) is 8.87. The molecule has 5 rings (SSSR count). The lowest BCUT2D eigenvalue weighted by atomic mass is 9.92. The van der Waals surface area contributed by atoms with Gasteiger partial charge in [0.2, 0.25) is 0 Å². The minimum absolute atomic E-state index is 0.368. The summed E-state index contributed by atoms with van der Waals surface area (Å²) < 4.78 is 11.4. The number of methoxy groups -OCH3 is 2. The Morgan fingerprint density at radius 2 is 1.10 bits per heavy atom. The number of rotatable bonds is 2. The Bertz CT molecular complexity index is 1400. The highest BCUT2D eigenvalue weighted by Crippen LogP contribution is 2.44. The lowest BCUT2D eigenvalue weighted by Gasteiger charge is -2.17. The van der Waals surface area contributed by atoms with Gasteiger partial charge in [-0.3, -0.25) is 9.97 Å². The van der Waals surface area contributed by atoms with Crippen molar-refractivity contribution in [3.63, 3.8) is 0 Å². The van der Waals surface area contributed by atoms with E-state index in [4.69, 9.17) is 9.47 Å². The van der Waals surface area contributed by atoms with Crippen molar-refractivity contribution in [2.45, 2.75) is 0 Å². The van der Waals surface area contributed by atoms with Gasteiger partial charge in [-0.1, -0.05) is 44.0 Å². The van der Waals surface area contributed by atoms with E-state index in [9.17, 15) is 9.59 Å². The maximum absolute atomic E-state index is 12.4. The van der Waals surface area contributed by atoms with Crippen LogP contribution in [0.4, 0.5) is 0 Å². The number of benzene rings is 3. The number of carbonyl (C=O) groups excluding carboxylic acids is 2. The van der Waals surface area contributed by atoms with E-state index in [1.807, 2.05) is 24.3 Å². The number of pyridine rings is 2. The Kier molecular flexibility index (Phi) is 4.37. The number of ether oxygens (including phenoxy) is 2. The van der Waals surface area contributed by atoms with Gasteiger partial charge in [0.25, 0.3) is 0 Å². The highest BCUT2D eigenvalue weighted by atomic mass is 79.9. The van der Waals surface area contributed by atoms with Crippen molar-refractivity contribution in [2.24, 2.45) is 0 Å². The summed E-state index contributed by atoms with van der Waals surface area (Å²) in [6, 6.07) is 7.61. The molecule has 0 saturated heterocycles. The predicted octanol–water partition coefficient (Wildman–Crippen LogP) is 5.63. The summed E-state index contributed by atoms with van der Waals surface area (Å²) in [7, 11) is 2.68. The van der Waals surface area contributed by atoms with Gasteiger partial charge >= 0.3 is 11.9 Å². The van der Waals surface area contributed by atoms with Crippen LogP contribution in [0.5, 0.6) is 0 Å². The lowest BCUT2D eigenvalue weighted by Crippen LogP contribution is -2.06. The molecule has 30 heavy (non-hydrogen) atoms. The first-order chi connectivity index (χ1) is 14.5. The van der Waals surface area contributed by atoms with E-state index in [2.05, 4.69) is 41.8 Å². The number of aromatic nitrogens is 2. The summed E-state index contributed by atoms with van der Waals surface area (Å²) in [6.07, 6.45) is 3.04. The molecule has 0 atom stereocenters. The van der Waals surface area contributed by atoms with Crippen LogP contribution < -0.4 is 0 Å². The zero-order chi connectivity index (χ0) is 21.2. The molecule has 8 heteroatoms. The molecule has 0 unspecified atom stereocenters. The van der Waals surface area contributed by atoms with Crippen LogP contribution in [0.25, 0.3) is 43.4 Å². The SMILES string of the molecule is COC(=O)c1cnc2c3ccc(Br)c4c(C(=O)OC)cnc(c5ccc(Br)c1c52)c43. The molecular formula is C22H12Br2N2O4. The van der Waals surface area contributed by atoms with Crippen LogP contribution in [0.1, 0.15) is 20.7 Å². The largest absolute Gasteiger partial charge is 0.465 e. The van der Waals surface area contributed by atoms with Crippen LogP contribution in [0.15, 0.2) is 45.6 Å². The van der Waals surface area contributed by atoms with Crippen molar-refractivity contribution >= 4 is 87.1 Å². The maximum Gasteiger partial charge on any atom is 0.340 e. The fourth-order valence-electron chi connectivity index (χ4n) is 4.02. The molecule has 2 aromatic heterocycles. The minimum atomic E-state index is -0.465. The summed E-state index contributed by atoms with van der Waals surface area (Å²) in [6.45, 7) is 0. The third kappa shape index (κ3) is 2.47. The summed E-state index contributed by atoms with van der Waals surface area (Å²) in [5.41, 5.74) is 2.16. The van der Waals surface area contributed by atoms with Gasteiger partial charge in [0.15, 0.2) is 0 Å². The molecule has 0 aliphatic carbocycles. The molecule has 0 aliphatic rings. The number of esters is 2. The molecule has 0 amide bonds. The molecule has 0 fully saturated rings. The molecule has 6 nitrogen and oxygen atoms in total. The van der Waals surface area contributed by atoms with E-state index in [-0.39, 0.29) is 0 Å². The van der Waals surface area contributed by atoms with Crippen molar-refractivity contribution in [3.8, 4) is 0 Å². The number of fused-ring (bicyclic) bond motifs is 2. The average molecular weight is 528 g/mol. The molecule has 0 aliphatic heterocycles. The van der Waals surface area contributed by atoms with Crippen molar-refractivity contribution in [1.82, 2.24) is 9.97 Å². The van der Waals surface area contributed by atoms with Gasteiger partial charge in [-0.2, -0.15) is 0 Å². The summed E-state index contributed by atoms with van der Waals surface area (Å²) >= 11 is 7.14. The molecule has 0 spiro atoms. The second-order valence-corrected chi connectivity index (χ2v) is 8.42. The van der Waals surface area contributed by atoms with Crippen molar-refractivity contribution in [2.75, 3.05) is 14.2 Å². The van der Waals surface area contributed by atoms with Gasteiger partial charge in [0, 0.05) is 53.7 Å². The molecule has 0 bridgehead atoms. The van der Waals surface area contributed by atoms with E-state index >= 15 is 0 Å². The number of hydrogen-bond acceptors (Lipinski definition) is 6.